The number of aliphatic hydroxyl groups is 1. The number of furan rings is 1. The molecule has 0 aliphatic rings. The van der Waals surface area contributed by atoms with E-state index in [2.05, 4.69) is 5.32 Å². The molecule has 1 aromatic heterocycles. The maximum atomic E-state index is 9.93. The highest BCUT2D eigenvalue weighted by molar-refractivity contribution is 5.77. The molecule has 1 aromatic carbocycles. The summed E-state index contributed by atoms with van der Waals surface area (Å²) in [4.78, 5) is 0. The van der Waals surface area contributed by atoms with Crippen LogP contribution in [0, 0.1) is 0 Å². The molecule has 2 rings (SSSR count). The number of fused-ring (bicyclic) bond motifs is 1. The van der Waals surface area contributed by atoms with E-state index in [1.165, 1.54) is 0 Å². The van der Waals surface area contributed by atoms with E-state index in [4.69, 9.17) is 4.42 Å². The quantitative estimate of drug-likeness (QED) is 0.871. The molecule has 2 atom stereocenters. The van der Waals surface area contributed by atoms with Gasteiger partial charge in [-0.15, -0.1) is 0 Å². The van der Waals surface area contributed by atoms with Gasteiger partial charge in [0.1, 0.15) is 11.3 Å². The van der Waals surface area contributed by atoms with Gasteiger partial charge in [0.05, 0.1) is 11.6 Å². The van der Waals surface area contributed by atoms with Crippen molar-refractivity contribution in [3.05, 3.63) is 36.1 Å². The molecule has 2 aromatic rings. The van der Waals surface area contributed by atoms with Crippen molar-refractivity contribution in [3.63, 3.8) is 0 Å². The van der Waals surface area contributed by atoms with Crippen molar-refractivity contribution in [2.24, 2.45) is 0 Å². The Labute approximate surface area is 108 Å². The highest BCUT2D eigenvalue weighted by atomic mass is 16.3. The van der Waals surface area contributed by atoms with Crippen LogP contribution in [0.2, 0.25) is 0 Å². The number of para-hydroxylation sites is 1. The predicted molar refractivity (Wildman–Crippen MR) is 73.5 cm³/mol. The van der Waals surface area contributed by atoms with Gasteiger partial charge >= 0.3 is 0 Å². The summed E-state index contributed by atoms with van der Waals surface area (Å²) in [7, 11) is 0. The summed E-state index contributed by atoms with van der Waals surface area (Å²) in [6.45, 7) is 7.62. The molecular formula is C15H21NO2. The minimum atomic E-state index is -0.750. The van der Waals surface area contributed by atoms with Crippen molar-refractivity contribution < 1.29 is 9.52 Å². The Morgan fingerprint density at radius 2 is 1.89 bits per heavy atom. The maximum Gasteiger partial charge on any atom is 0.134 e. The first-order chi connectivity index (χ1) is 8.38. The maximum absolute atomic E-state index is 9.93. The highest BCUT2D eigenvalue weighted by Crippen LogP contribution is 2.24. The summed E-state index contributed by atoms with van der Waals surface area (Å²) in [6.07, 6.45) is 0. The van der Waals surface area contributed by atoms with Gasteiger partial charge < -0.3 is 14.8 Å². The van der Waals surface area contributed by atoms with Gasteiger partial charge in [0.2, 0.25) is 0 Å². The van der Waals surface area contributed by atoms with Crippen LogP contribution in [0.4, 0.5) is 0 Å². The lowest BCUT2D eigenvalue weighted by Gasteiger charge is -2.29. The molecule has 18 heavy (non-hydrogen) atoms. The third-order valence-electron chi connectivity index (χ3n) is 3.43. The van der Waals surface area contributed by atoms with E-state index in [9.17, 15) is 5.11 Å². The molecule has 3 nitrogen and oxygen atoms in total. The molecular weight excluding hydrogens is 226 g/mol. The van der Waals surface area contributed by atoms with Gasteiger partial charge in [-0.25, -0.2) is 0 Å². The zero-order valence-electron chi connectivity index (χ0n) is 11.4. The first kappa shape index (κ1) is 13.1. The molecule has 98 valence electrons. The molecule has 2 N–H and O–H groups in total. The van der Waals surface area contributed by atoms with Gasteiger partial charge in [0.15, 0.2) is 0 Å². The van der Waals surface area contributed by atoms with Gasteiger partial charge in [-0.05, 0) is 39.8 Å². The number of hydrogen-bond acceptors (Lipinski definition) is 3. The SMILES string of the molecule is CC(NC(C)C(C)(C)O)c1cc2ccccc2o1. The molecule has 0 radical (unpaired) electrons. The first-order valence-corrected chi connectivity index (χ1v) is 6.35. The lowest BCUT2D eigenvalue weighted by atomic mass is 10.00. The monoisotopic (exact) mass is 247 g/mol. The van der Waals surface area contributed by atoms with Gasteiger partial charge in [-0.2, -0.15) is 0 Å². The topological polar surface area (TPSA) is 45.4 Å². The van der Waals surface area contributed by atoms with E-state index in [1.807, 2.05) is 44.2 Å². The molecule has 2 unspecified atom stereocenters. The summed E-state index contributed by atoms with van der Waals surface area (Å²) in [5.74, 6) is 0.896. The van der Waals surface area contributed by atoms with E-state index in [1.54, 1.807) is 13.8 Å². The van der Waals surface area contributed by atoms with Crippen molar-refractivity contribution in [2.45, 2.75) is 45.4 Å². The lowest BCUT2D eigenvalue weighted by Crippen LogP contribution is -2.45. The fourth-order valence-corrected chi connectivity index (χ4v) is 1.88. The third kappa shape index (κ3) is 2.74. The summed E-state index contributed by atoms with van der Waals surface area (Å²) in [5, 5.41) is 14.4. The number of benzene rings is 1. The van der Waals surface area contributed by atoms with Crippen molar-refractivity contribution in [2.75, 3.05) is 0 Å². The number of nitrogens with one attached hydrogen (secondary N) is 1. The average molecular weight is 247 g/mol. The summed E-state index contributed by atoms with van der Waals surface area (Å²) in [5.41, 5.74) is 0.150. The van der Waals surface area contributed by atoms with Crippen molar-refractivity contribution in [3.8, 4) is 0 Å². The largest absolute Gasteiger partial charge is 0.459 e. The molecule has 0 aliphatic heterocycles. The summed E-state index contributed by atoms with van der Waals surface area (Å²) >= 11 is 0. The Morgan fingerprint density at radius 1 is 1.22 bits per heavy atom. The zero-order chi connectivity index (χ0) is 13.3. The van der Waals surface area contributed by atoms with Gasteiger partial charge in [0.25, 0.3) is 0 Å². The Hall–Kier alpha value is -1.32. The molecule has 0 fully saturated rings. The van der Waals surface area contributed by atoms with Crippen LogP contribution in [0.1, 0.15) is 39.5 Å². The second kappa shape index (κ2) is 4.75. The molecule has 1 heterocycles. The number of hydrogen-bond donors (Lipinski definition) is 2. The van der Waals surface area contributed by atoms with Crippen LogP contribution in [-0.2, 0) is 0 Å². The average Bonchev–Trinajstić information content (AvgIpc) is 2.71. The Morgan fingerprint density at radius 3 is 2.50 bits per heavy atom. The van der Waals surface area contributed by atoms with Crippen LogP contribution in [0.15, 0.2) is 34.7 Å². The molecule has 3 heteroatoms. The Bertz CT molecular complexity index is 492. The minimum absolute atomic E-state index is 0.0132. The zero-order valence-corrected chi connectivity index (χ0v) is 11.4. The standard InChI is InChI=1S/C15H21NO2/c1-10(16-11(2)15(3,4)17)14-9-12-7-5-6-8-13(12)18-14/h5-11,16-17H,1-4H3. The van der Waals surface area contributed by atoms with Crippen LogP contribution in [-0.4, -0.2) is 16.7 Å². The Balaban J connectivity index is 2.16. The molecule has 0 spiro atoms. The van der Waals surface area contributed by atoms with Crippen LogP contribution >= 0.6 is 0 Å². The van der Waals surface area contributed by atoms with E-state index >= 15 is 0 Å². The number of rotatable bonds is 4. The lowest BCUT2D eigenvalue weighted by molar-refractivity contribution is 0.0396. The van der Waals surface area contributed by atoms with Crippen LogP contribution in [0.25, 0.3) is 11.0 Å². The van der Waals surface area contributed by atoms with E-state index < -0.39 is 5.60 Å². The van der Waals surface area contributed by atoms with Crippen molar-refractivity contribution >= 4 is 11.0 Å². The van der Waals surface area contributed by atoms with E-state index in [0.717, 1.165) is 16.7 Å². The molecule has 0 bridgehead atoms. The molecule has 0 amide bonds. The van der Waals surface area contributed by atoms with Crippen LogP contribution in [0.5, 0.6) is 0 Å². The van der Waals surface area contributed by atoms with Gasteiger partial charge in [0, 0.05) is 11.4 Å². The Kier molecular flexibility index (Phi) is 3.46. The minimum Gasteiger partial charge on any atom is -0.459 e. The molecule has 0 saturated heterocycles. The van der Waals surface area contributed by atoms with Gasteiger partial charge in [-0.3, -0.25) is 0 Å². The smallest absolute Gasteiger partial charge is 0.134 e. The van der Waals surface area contributed by atoms with E-state index in [-0.39, 0.29) is 12.1 Å². The second-order valence-electron chi connectivity index (χ2n) is 5.45. The molecule has 0 saturated carbocycles. The highest BCUT2D eigenvalue weighted by Gasteiger charge is 2.24. The third-order valence-corrected chi connectivity index (χ3v) is 3.43. The van der Waals surface area contributed by atoms with Crippen LogP contribution in [0.3, 0.4) is 0 Å². The van der Waals surface area contributed by atoms with Gasteiger partial charge in [-0.1, -0.05) is 18.2 Å². The van der Waals surface area contributed by atoms with Crippen molar-refractivity contribution in [1.82, 2.24) is 5.32 Å². The van der Waals surface area contributed by atoms with Crippen LogP contribution < -0.4 is 5.32 Å². The fraction of sp³-hybridized carbons (Fsp3) is 0.467. The predicted octanol–water partition coefficient (Wildman–Crippen LogP) is 3.24. The van der Waals surface area contributed by atoms with Crippen molar-refractivity contribution in [1.29, 1.82) is 0 Å². The summed E-state index contributed by atoms with van der Waals surface area (Å²) in [6, 6.07) is 10.1. The second-order valence-corrected chi connectivity index (χ2v) is 5.45. The first-order valence-electron chi connectivity index (χ1n) is 6.35. The fourth-order valence-electron chi connectivity index (χ4n) is 1.88. The normalized spacial score (nSPS) is 15.8. The summed E-state index contributed by atoms with van der Waals surface area (Å²) < 4.78 is 5.80. The van der Waals surface area contributed by atoms with E-state index in [0.29, 0.717) is 0 Å². The molecule has 0 aliphatic carbocycles.